The van der Waals surface area contributed by atoms with Crippen molar-refractivity contribution in [1.29, 1.82) is 0 Å². The van der Waals surface area contributed by atoms with Gasteiger partial charge in [-0.2, -0.15) is 0 Å². The van der Waals surface area contributed by atoms with Crippen LogP contribution < -0.4 is 5.32 Å². The molecule has 1 N–H and O–H groups in total. The Labute approximate surface area is 119 Å². The molecule has 1 aromatic rings. The van der Waals surface area contributed by atoms with E-state index in [0.717, 1.165) is 56.8 Å². The van der Waals surface area contributed by atoms with Gasteiger partial charge in [0, 0.05) is 19.2 Å². The first kappa shape index (κ1) is 13.6. The van der Waals surface area contributed by atoms with Crippen molar-refractivity contribution in [2.75, 3.05) is 19.6 Å². The molecule has 0 saturated carbocycles. The third-order valence-corrected chi connectivity index (χ3v) is 4.86. The summed E-state index contributed by atoms with van der Waals surface area (Å²) >= 11 is 0. The summed E-state index contributed by atoms with van der Waals surface area (Å²) in [5.74, 6) is 1.13. The Morgan fingerprint density at radius 1 is 1.65 bits per heavy atom. The molecule has 0 spiro atoms. The van der Waals surface area contributed by atoms with E-state index in [-0.39, 0.29) is 11.5 Å². The summed E-state index contributed by atoms with van der Waals surface area (Å²) in [6.45, 7) is 6.63. The van der Waals surface area contributed by atoms with Crippen molar-refractivity contribution in [3.8, 4) is 0 Å². The summed E-state index contributed by atoms with van der Waals surface area (Å²) in [6.07, 6.45) is 3.87. The Kier molecular flexibility index (Phi) is 3.54. The van der Waals surface area contributed by atoms with Crippen molar-refractivity contribution < 1.29 is 9.32 Å². The number of hydrogen-bond acceptors (Lipinski definition) is 4. The summed E-state index contributed by atoms with van der Waals surface area (Å²) in [4.78, 5) is 15.0. The molecular weight excluding hydrogens is 254 g/mol. The lowest BCUT2D eigenvalue weighted by molar-refractivity contribution is -0.142. The number of nitrogens with one attached hydrogen (secondary N) is 1. The molecule has 1 aromatic heterocycles. The van der Waals surface area contributed by atoms with E-state index < -0.39 is 0 Å². The van der Waals surface area contributed by atoms with Crippen LogP contribution in [-0.4, -0.2) is 35.6 Å². The van der Waals surface area contributed by atoms with E-state index in [1.807, 2.05) is 17.9 Å². The van der Waals surface area contributed by atoms with Crippen LogP contribution in [0.15, 0.2) is 10.6 Å². The van der Waals surface area contributed by atoms with E-state index in [1.54, 1.807) is 0 Å². The Morgan fingerprint density at radius 2 is 2.50 bits per heavy atom. The van der Waals surface area contributed by atoms with Gasteiger partial charge in [-0.1, -0.05) is 12.1 Å². The predicted molar refractivity (Wildman–Crippen MR) is 75.1 cm³/mol. The van der Waals surface area contributed by atoms with E-state index in [1.165, 1.54) is 0 Å². The third kappa shape index (κ3) is 2.14. The molecule has 0 radical (unpaired) electrons. The smallest absolute Gasteiger partial charge is 0.230 e. The van der Waals surface area contributed by atoms with Crippen LogP contribution in [-0.2, 0) is 4.79 Å². The minimum absolute atomic E-state index is 0.0766. The summed E-state index contributed by atoms with van der Waals surface area (Å²) in [6, 6.07) is 2.04. The van der Waals surface area contributed by atoms with Gasteiger partial charge in [0.2, 0.25) is 5.91 Å². The molecule has 2 fully saturated rings. The lowest BCUT2D eigenvalue weighted by Crippen LogP contribution is -2.44. The molecule has 0 bridgehead atoms. The zero-order valence-corrected chi connectivity index (χ0v) is 12.3. The Hall–Kier alpha value is -1.36. The number of rotatable bonds is 3. The second-order valence-corrected chi connectivity index (χ2v) is 6.09. The van der Waals surface area contributed by atoms with Gasteiger partial charge >= 0.3 is 0 Å². The maximum atomic E-state index is 13.0. The second kappa shape index (κ2) is 5.20. The van der Waals surface area contributed by atoms with Gasteiger partial charge in [-0.15, -0.1) is 0 Å². The summed E-state index contributed by atoms with van der Waals surface area (Å²) in [5.41, 5.74) is 0.671. The molecule has 2 unspecified atom stereocenters. The van der Waals surface area contributed by atoms with Crippen LogP contribution in [0, 0.1) is 12.3 Å². The average molecular weight is 277 g/mol. The molecule has 3 rings (SSSR count). The highest BCUT2D eigenvalue weighted by molar-refractivity contribution is 5.84. The summed E-state index contributed by atoms with van der Waals surface area (Å²) in [5, 5.41) is 7.31. The van der Waals surface area contributed by atoms with Crippen molar-refractivity contribution in [1.82, 2.24) is 15.4 Å². The fourth-order valence-corrected chi connectivity index (χ4v) is 3.53. The van der Waals surface area contributed by atoms with Gasteiger partial charge in [-0.25, -0.2) is 0 Å². The average Bonchev–Trinajstić information content (AvgIpc) is 3.18. The first-order chi connectivity index (χ1) is 9.66. The SMILES string of the molecule is CCC1(C(=O)N2CCCC2c2cc(C)no2)CCNC1. The van der Waals surface area contributed by atoms with E-state index in [4.69, 9.17) is 4.52 Å². The van der Waals surface area contributed by atoms with Gasteiger partial charge in [-0.05, 0) is 39.2 Å². The van der Waals surface area contributed by atoms with Crippen molar-refractivity contribution in [2.24, 2.45) is 5.41 Å². The number of hydrogen-bond donors (Lipinski definition) is 1. The van der Waals surface area contributed by atoms with Crippen molar-refractivity contribution in [3.63, 3.8) is 0 Å². The normalized spacial score (nSPS) is 30.1. The Balaban J connectivity index is 1.83. The predicted octanol–water partition coefficient (Wildman–Crippen LogP) is 2.04. The van der Waals surface area contributed by atoms with Crippen LogP contribution in [0.4, 0.5) is 0 Å². The topological polar surface area (TPSA) is 58.4 Å². The standard InChI is InChI=1S/C15H23N3O2/c1-3-15(6-7-16-10-15)14(19)18-8-4-5-12(18)13-9-11(2)17-20-13/h9,12,16H,3-8,10H2,1-2H3. The van der Waals surface area contributed by atoms with Crippen LogP contribution in [0.25, 0.3) is 0 Å². The highest BCUT2D eigenvalue weighted by Crippen LogP contribution is 2.39. The minimum atomic E-state index is -0.211. The number of likely N-dealkylation sites (tertiary alicyclic amines) is 1. The lowest BCUT2D eigenvalue weighted by Gasteiger charge is -2.33. The van der Waals surface area contributed by atoms with Crippen LogP contribution in [0.2, 0.25) is 0 Å². The second-order valence-electron chi connectivity index (χ2n) is 6.09. The van der Waals surface area contributed by atoms with Gasteiger partial charge in [0.15, 0.2) is 5.76 Å². The lowest BCUT2D eigenvalue weighted by atomic mass is 9.82. The zero-order valence-electron chi connectivity index (χ0n) is 12.3. The molecule has 5 heteroatoms. The number of carbonyl (C=O) groups is 1. The summed E-state index contributed by atoms with van der Waals surface area (Å²) < 4.78 is 5.40. The highest BCUT2D eigenvalue weighted by atomic mass is 16.5. The summed E-state index contributed by atoms with van der Waals surface area (Å²) in [7, 11) is 0. The maximum absolute atomic E-state index is 13.0. The van der Waals surface area contributed by atoms with Crippen LogP contribution in [0.5, 0.6) is 0 Å². The fraction of sp³-hybridized carbons (Fsp3) is 0.733. The van der Waals surface area contributed by atoms with Crippen molar-refractivity contribution >= 4 is 5.91 Å². The monoisotopic (exact) mass is 277 g/mol. The largest absolute Gasteiger partial charge is 0.359 e. The number of nitrogens with zero attached hydrogens (tertiary/aromatic N) is 2. The van der Waals surface area contributed by atoms with E-state index in [2.05, 4.69) is 17.4 Å². The van der Waals surface area contributed by atoms with Gasteiger partial charge in [0.25, 0.3) is 0 Å². The maximum Gasteiger partial charge on any atom is 0.230 e. The minimum Gasteiger partial charge on any atom is -0.359 e. The molecule has 0 aliphatic carbocycles. The molecule has 2 atom stereocenters. The zero-order chi connectivity index (χ0) is 14.2. The first-order valence-corrected chi connectivity index (χ1v) is 7.61. The molecule has 3 heterocycles. The van der Waals surface area contributed by atoms with Gasteiger partial charge in [0.05, 0.1) is 17.2 Å². The Morgan fingerprint density at radius 3 is 3.10 bits per heavy atom. The molecular formula is C15H23N3O2. The third-order valence-electron chi connectivity index (χ3n) is 4.86. The van der Waals surface area contributed by atoms with E-state index in [0.29, 0.717) is 5.91 Å². The number of carbonyl (C=O) groups excluding carboxylic acids is 1. The molecule has 2 aliphatic heterocycles. The fourth-order valence-electron chi connectivity index (χ4n) is 3.53. The van der Waals surface area contributed by atoms with Crippen molar-refractivity contribution in [3.05, 3.63) is 17.5 Å². The van der Waals surface area contributed by atoms with Crippen LogP contribution in [0.1, 0.15) is 50.1 Å². The molecule has 110 valence electrons. The van der Waals surface area contributed by atoms with Crippen molar-refractivity contribution in [2.45, 2.75) is 45.6 Å². The highest BCUT2D eigenvalue weighted by Gasteiger charge is 2.45. The number of aromatic nitrogens is 1. The van der Waals surface area contributed by atoms with Gasteiger partial charge < -0.3 is 14.7 Å². The van der Waals surface area contributed by atoms with Gasteiger partial charge in [-0.3, -0.25) is 4.79 Å². The molecule has 20 heavy (non-hydrogen) atoms. The number of aryl methyl sites for hydroxylation is 1. The van der Waals surface area contributed by atoms with Gasteiger partial charge in [0.1, 0.15) is 0 Å². The number of amides is 1. The molecule has 2 aliphatic rings. The molecule has 5 nitrogen and oxygen atoms in total. The van der Waals surface area contributed by atoms with E-state index >= 15 is 0 Å². The van der Waals surface area contributed by atoms with Crippen LogP contribution >= 0.6 is 0 Å². The quantitative estimate of drug-likeness (QED) is 0.918. The van der Waals surface area contributed by atoms with Crippen LogP contribution in [0.3, 0.4) is 0 Å². The molecule has 2 saturated heterocycles. The molecule has 1 amide bonds. The molecule has 0 aromatic carbocycles. The first-order valence-electron chi connectivity index (χ1n) is 7.61. The van der Waals surface area contributed by atoms with E-state index in [9.17, 15) is 4.79 Å². The Bertz CT molecular complexity index is 491.